The number of aliphatic hydroxyl groups is 1. The maximum absolute atomic E-state index is 8.50. The van der Waals surface area contributed by atoms with E-state index in [0.717, 1.165) is 30.2 Å². The Morgan fingerprint density at radius 2 is 2.12 bits per heavy atom. The molecule has 16 heavy (non-hydrogen) atoms. The fourth-order valence-electron chi connectivity index (χ4n) is 1.18. The SMILES string of the molecule is Cc1ncc(NCCCOCCO)nc1C. The standard InChI is InChI=1S/C11H19N3O2/c1-9-10(2)14-11(8-13-9)12-4-3-6-16-7-5-15/h8,15H,3-7H2,1-2H3,(H,12,14). The summed E-state index contributed by atoms with van der Waals surface area (Å²) in [5.74, 6) is 0.797. The molecule has 0 unspecified atom stereocenters. The number of hydrogen-bond acceptors (Lipinski definition) is 5. The predicted molar refractivity (Wildman–Crippen MR) is 62.5 cm³/mol. The number of nitrogens with one attached hydrogen (secondary N) is 1. The second-order valence-corrected chi connectivity index (χ2v) is 3.54. The van der Waals surface area contributed by atoms with Crippen LogP contribution in [-0.2, 0) is 4.74 Å². The Morgan fingerprint density at radius 3 is 2.81 bits per heavy atom. The van der Waals surface area contributed by atoms with E-state index < -0.39 is 0 Å². The monoisotopic (exact) mass is 225 g/mol. The first-order valence-electron chi connectivity index (χ1n) is 5.46. The fraction of sp³-hybridized carbons (Fsp3) is 0.636. The Balaban J connectivity index is 2.19. The van der Waals surface area contributed by atoms with E-state index in [4.69, 9.17) is 9.84 Å². The maximum atomic E-state index is 8.50. The third-order valence-electron chi connectivity index (χ3n) is 2.20. The van der Waals surface area contributed by atoms with Gasteiger partial charge in [-0.25, -0.2) is 4.98 Å². The van der Waals surface area contributed by atoms with Crippen molar-refractivity contribution in [1.82, 2.24) is 9.97 Å². The van der Waals surface area contributed by atoms with Gasteiger partial charge in [0.05, 0.1) is 30.8 Å². The molecule has 90 valence electrons. The summed E-state index contributed by atoms with van der Waals surface area (Å²) >= 11 is 0. The zero-order valence-corrected chi connectivity index (χ0v) is 9.86. The highest BCUT2D eigenvalue weighted by Gasteiger charge is 1.98. The van der Waals surface area contributed by atoms with Crippen molar-refractivity contribution in [3.63, 3.8) is 0 Å². The van der Waals surface area contributed by atoms with Crippen LogP contribution in [-0.4, -0.2) is 41.4 Å². The minimum absolute atomic E-state index is 0.0794. The van der Waals surface area contributed by atoms with E-state index in [-0.39, 0.29) is 6.61 Å². The Bertz CT molecular complexity index is 318. The van der Waals surface area contributed by atoms with Gasteiger partial charge in [0.25, 0.3) is 0 Å². The minimum atomic E-state index is 0.0794. The normalized spacial score (nSPS) is 10.4. The minimum Gasteiger partial charge on any atom is -0.394 e. The van der Waals surface area contributed by atoms with Crippen LogP contribution in [0.3, 0.4) is 0 Å². The first-order chi connectivity index (χ1) is 7.74. The van der Waals surface area contributed by atoms with Crippen LogP contribution in [0.25, 0.3) is 0 Å². The van der Waals surface area contributed by atoms with Gasteiger partial charge >= 0.3 is 0 Å². The molecule has 5 nitrogen and oxygen atoms in total. The zero-order chi connectivity index (χ0) is 11.8. The number of nitrogens with zero attached hydrogens (tertiary/aromatic N) is 2. The maximum Gasteiger partial charge on any atom is 0.144 e. The predicted octanol–water partition coefficient (Wildman–Crippen LogP) is 0.904. The molecule has 0 amide bonds. The lowest BCUT2D eigenvalue weighted by atomic mass is 10.3. The number of ether oxygens (including phenoxy) is 1. The molecule has 0 atom stereocenters. The Hall–Kier alpha value is -1.20. The molecule has 2 N–H and O–H groups in total. The van der Waals surface area contributed by atoms with Crippen molar-refractivity contribution in [1.29, 1.82) is 0 Å². The number of hydrogen-bond donors (Lipinski definition) is 2. The van der Waals surface area contributed by atoms with Crippen LogP contribution >= 0.6 is 0 Å². The summed E-state index contributed by atoms with van der Waals surface area (Å²) in [6.45, 7) is 5.81. The number of anilines is 1. The summed E-state index contributed by atoms with van der Waals surface area (Å²) < 4.78 is 5.14. The Labute approximate surface area is 95.9 Å². The van der Waals surface area contributed by atoms with Gasteiger partial charge in [-0.2, -0.15) is 0 Å². The van der Waals surface area contributed by atoms with Crippen LogP contribution in [0.2, 0.25) is 0 Å². The van der Waals surface area contributed by atoms with E-state index in [9.17, 15) is 0 Å². The summed E-state index contributed by atoms with van der Waals surface area (Å²) in [6.07, 6.45) is 2.62. The summed E-state index contributed by atoms with van der Waals surface area (Å²) in [6, 6.07) is 0. The molecule has 5 heteroatoms. The molecular formula is C11H19N3O2. The van der Waals surface area contributed by atoms with E-state index in [2.05, 4.69) is 15.3 Å². The van der Waals surface area contributed by atoms with E-state index in [1.165, 1.54) is 0 Å². The van der Waals surface area contributed by atoms with Crippen LogP contribution in [0.5, 0.6) is 0 Å². The van der Waals surface area contributed by atoms with E-state index in [1.807, 2.05) is 13.8 Å². The van der Waals surface area contributed by atoms with Crippen molar-refractivity contribution >= 4 is 5.82 Å². The molecule has 1 heterocycles. The highest BCUT2D eigenvalue weighted by Crippen LogP contribution is 2.05. The van der Waals surface area contributed by atoms with E-state index >= 15 is 0 Å². The lowest BCUT2D eigenvalue weighted by Crippen LogP contribution is -2.09. The van der Waals surface area contributed by atoms with Crippen molar-refractivity contribution in [3.8, 4) is 0 Å². The lowest BCUT2D eigenvalue weighted by molar-refractivity contribution is 0.0922. The molecule has 0 saturated heterocycles. The van der Waals surface area contributed by atoms with Gasteiger partial charge in [0, 0.05) is 13.2 Å². The summed E-state index contributed by atoms with van der Waals surface area (Å²) in [4.78, 5) is 8.57. The second kappa shape index (κ2) is 7.14. The van der Waals surface area contributed by atoms with Crippen molar-refractivity contribution < 1.29 is 9.84 Å². The molecule has 0 aromatic carbocycles. The first kappa shape index (κ1) is 12.9. The third-order valence-corrected chi connectivity index (χ3v) is 2.20. The van der Waals surface area contributed by atoms with Crippen molar-refractivity contribution in [2.24, 2.45) is 0 Å². The Kier molecular flexibility index (Phi) is 5.74. The average molecular weight is 225 g/mol. The molecule has 1 aromatic rings. The van der Waals surface area contributed by atoms with Crippen LogP contribution < -0.4 is 5.32 Å². The van der Waals surface area contributed by atoms with E-state index in [1.54, 1.807) is 6.20 Å². The highest BCUT2D eigenvalue weighted by atomic mass is 16.5. The molecule has 0 saturated carbocycles. The number of rotatable bonds is 7. The van der Waals surface area contributed by atoms with Gasteiger partial charge in [-0.15, -0.1) is 0 Å². The number of aliphatic hydroxyl groups excluding tert-OH is 1. The van der Waals surface area contributed by atoms with Crippen LogP contribution in [0.1, 0.15) is 17.8 Å². The van der Waals surface area contributed by atoms with Gasteiger partial charge in [-0.3, -0.25) is 4.98 Å². The summed E-state index contributed by atoms with van der Waals surface area (Å²) in [7, 11) is 0. The molecule has 0 radical (unpaired) electrons. The molecular weight excluding hydrogens is 206 g/mol. The molecule has 0 bridgehead atoms. The van der Waals surface area contributed by atoms with Crippen LogP contribution in [0.4, 0.5) is 5.82 Å². The fourth-order valence-corrected chi connectivity index (χ4v) is 1.18. The molecule has 1 aromatic heterocycles. The molecule has 0 aliphatic heterocycles. The lowest BCUT2D eigenvalue weighted by Gasteiger charge is -2.07. The largest absolute Gasteiger partial charge is 0.394 e. The van der Waals surface area contributed by atoms with Gasteiger partial charge in [0.1, 0.15) is 5.82 Å². The van der Waals surface area contributed by atoms with Gasteiger partial charge < -0.3 is 15.2 Å². The number of aryl methyl sites for hydroxylation is 2. The molecule has 1 rings (SSSR count). The second-order valence-electron chi connectivity index (χ2n) is 3.54. The first-order valence-corrected chi connectivity index (χ1v) is 5.46. The summed E-state index contributed by atoms with van der Waals surface area (Å²) in [5, 5.41) is 11.7. The van der Waals surface area contributed by atoms with Gasteiger partial charge in [-0.05, 0) is 20.3 Å². The summed E-state index contributed by atoms with van der Waals surface area (Å²) in [5.41, 5.74) is 1.90. The van der Waals surface area contributed by atoms with Gasteiger partial charge in [0.2, 0.25) is 0 Å². The van der Waals surface area contributed by atoms with Crippen LogP contribution in [0.15, 0.2) is 6.20 Å². The quantitative estimate of drug-likeness (QED) is 0.675. The third kappa shape index (κ3) is 4.55. The van der Waals surface area contributed by atoms with Crippen molar-refractivity contribution in [2.45, 2.75) is 20.3 Å². The topological polar surface area (TPSA) is 67.3 Å². The van der Waals surface area contributed by atoms with Crippen molar-refractivity contribution in [3.05, 3.63) is 17.6 Å². The van der Waals surface area contributed by atoms with Gasteiger partial charge in [-0.1, -0.05) is 0 Å². The smallest absolute Gasteiger partial charge is 0.144 e. The van der Waals surface area contributed by atoms with Crippen molar-refractivity contribution in [2.75, 3.05) is 31.7 Å². The zero-order valence-electron chi connectivity index (χ0n) is 9.86. The number of aromatic nitrogens is 2. The average Bonchev–Trinajstić information content (AvgIpc) is 2.28. The molecule has 0 fully saturated rings. The molecule has 0 aliphatic rings. The Morgan fingerprint density at radius 1 is 1.31 bits per heavy atom. The molecule has 0 aliphatic carbocycles. The van der Waals surface area contributed by atoms with Gasteiger partial charge in [0.15, 0.2) is 0 Å². The van der Waals surface area contributed by atoms with E-state index in [0.29, 0.717) is 13.2 Å². The molecule has 0 spiro atoms. The highest BCUT2D eigenvalue weighted by molar-refractivity contribution is 5.32. The van der Waals surface area contributed by atoms with Crippen LogP contribution in [0, 0.1) is 13.8 Å².